The molecule has 4 rings (SSSR count). The molecule has 5 atom stereocenters. The molecule has 0 saturated carbocycles. The van der Waals surface area contributed by atoms with Crippen molar-refractivity contribution in [3.05, 3.63) is 30.9 Å². The van der Waals surface area contributed by atoms with E-state index in [4.69, 9.17) is 20.7 Å². The maximum absolute atomic E-state index is 12.3. The number of aliphatic hydroxyl groups is 1. The van der Waals surface area contributed by atoms with Crippen molar-refractivity contribution in [2.45, 2.75) is 37.3 Å². The number of nitrogens with two attached hydrogens (primary N) is 2. The van der Waals surface area contributed by atoms with Gasteiger partial charge in [0.25, 0.3) is 0 Å². The number of carbonyl (C=O) groups is 1. The van der Waals surface area contributed by atoms with E-state index in [0.717, 1.165) is 0 Å². The molecule has 16 heteroatoms. The molecule has 0 spiro atoms. The lowest BCUT2D eigenvalue weighted by molar-refractivity contribution is -0.121. The largest absolute Gasteiger partial charge is 0.432 e. The molecule has 0 radical (unpaired) electrons. The van der Waals surface area contributed by atoms with Gasteiger partial charge >= 0.3 is 7.75 Å². The Kier molecular flexibility index (Phi) is 6.19. The maximum Gasteiger partial charge on any atom is 0.432 e. The van der Waals surface area contributed by atoms with Gasteiger partial charge in [0.15, 0.2) is 11.5 Å². The molecule has 1 saturated heterocycles. The van der Waals surface area contributed by atoms with Crippen LogP contribution < -0.4 is 16.6 Å². The van der Waals surface area contributed by atoms with E-state index in [1.807, 2.05) is 5.09 Å². The van der Waals surface area contributed by atoms with Crippen LogP contribution in [0.5, 0.6) is 0 Å². The predicted octanol–water partition coefficient (Wildman–Crippen LogP) is -1.42. The third kappa shape index (κ3) is 4.77. The number of aliphatic hydroxyl groups excluding tert-OH is 1. The summed E-state index contributed by atoms with van der Waals surface area (Å²) in [4.78, 5) is 40.8. The van der Waals surface area contributed by atoms with Crippen molar-refractivity contribution in [3.63, 3.8) is 0 Å². The number of nitrogens with zero attached hydrogens (tertiary/aromatic N) is 5. The monoisotopic (exact) mass is 467 g/mol. The quantitative estimate of drug-likeness (QED) is 0.210. The number of anilines is 1. The van der Waals surface area contributed by atoms with Crippen molar-refractivity contribution in [1.82, 2.24) is 34.6 Å². The fraction of sp³-hybridized carbons (Fsp3) is 0.438. The average Bonchev–Trinajstić information content (AvgIpc) is 3.46. The first-order valence-corrected chi connectivity index (χ1v) is 11.1. The molecule has 1 amide bonds. The Morgan fingerprint density at radius 1 is 1.47 bits per heavy atom. The third-order valence-corrected chi connectivity index (χ3v) is 5.90. The number of aromatic amines is 1. The van der Waals surface area contributed by atoms with Crippen molar-refractivity contribution in [2.75, 3.05) is 12.3 Å². The Hall–Kier alpha value is -2.94. The second-order valence-corrected chi connectivity index (χ2v) is 8.72. The van der Waals surface area contributed by atoms with Crippen LogP contribution in [-0.4, -0.2) is 70.3 Å². The molecule has 1 fully saturated rings. The summed E-state index contributed by atoms with van der Waals surface area (Å²) in [5.74, 6) is -0.673. The van der Waals surface area contributed by atoms with Gasteiger partial charge in [-0.2, -0.15) is 0 Å². The van der Waals surface area contributed by atoms with E-state index in [0.29, 0.717) is 16.9 Å². The van der Waals surface area contributed by atoms with E-state index in [2.05, 4.69) is 24.9 Å². The minimum Gasteiger partial charge on any atom is -0.390 e. The Balaban J connectivity index is 1.33. The summed E-state index contributed by atoms with van der Waals surface area (Å²) in [6.45, 7) is -0.453. The van der Waals surface area contributed by atoms with Crippen LogP contribution in [0.15, 0.2) is 25.2 Å². The van der Waals surface area contributed by atoms with Gasteiger partial charge in [0.05, 0.1) is 31.4 Å². The van der Waals surface area contributed by atoms with Gasteiger partial charge in [-0.3, -0.25) is 19.0 Å². The van der Waals surface area contributed by atoms with Crippen LogP contribution in [-0.2, 0) is 25.0 Å². The summed E-state index contributed by atoms with van der Waals surface area (Å²) >= 11 is 0. The summed E-state index contributed by atoms with van der Waals surface area (Å²) in [6, 6.07) is -1.10. The number of nitrogen functional groups attached to an aromatic ring is 1. The number of hydrogen-bond acceptors (Lipinski definition) is 11. The van der Waals surface area contributed by atoms with Crippen LogP contribution in [0.4, 0.5) is 5.82 Å². The zero-order valence-corrected chi connectivity index (χ0v) is 17.5. The highest BCUT2D eigenvalue weighted by Gasteiger charge is 2.38. The predicted molar refractivity (Wildman–Crippen MR) is 108 cm³/mol. The lowest BCUT2D eigenvalue weighted by Crippen LogP contribution is -2.41. The minimum atomic E-state index is -4.55. The molecule has 172 valence electrons. The zero-order chi connectivity index (χ0) is 22.9. The lowest BCUT2D eigenvalue weighted by Gasteiger charge is -2.19. The highest BCUT2D eigenvalue weighted by molar-refractivity contribution is 7.51. The second kappa shape index (κ2) is 8.90. The van der Waals surface area contributed by atoms with Gasteiger partial charge in [-0.25, -0.2) is 24.5 Å². The van der Waals surface area contributed by atoms with Gasteiger partial charge in [-0.1, -0.05) is 0 Å². The maximum atomic E-state index is 12.3. The second-order valence-electron chi connectivity index (χ2n) is 7.19. The summed E-state index contributed by atoms with van der Waals surface area (Å²) in [7, 11) is -4.55. The van der Waals surface area contributed by atoms with E-state index >= 15 is 0 Å². The number of hydrogen-bond donors (Lipinski definition) is 6. The summed E-state index contributed by atoms with van der Waals surface area (Å²) in [6.07, 6.45) is 3.29. The molecule has 4 heterocycles. The van der Waals surface area contributed by atoms with Gasteiger partial charge in [0.2, 0.25) is 5.91 Å². The van der Waals surface area contributed by atoms with Crippen molar-refractivity contribution >= 4 is 30.6 Å². The van der Waals surface area contributed by atoms with Gasteiger partial charge in [-0.15, -0.1) is 0 Å². The molecular formula is C16H22N9O6P. The zero-order valence-electron chi connectivity index (χ0n) is 16.6. The SMILES string of the molecule is Nc1ncnc2c1ncn2[C@@H]1C[C@H](O)[C@@H](COP(=O)(O)NC(=O)[C@@H](N)Cc2cnc[nH]2)O1. The normalized spacial score (nSPS) is 23.8. The van der Waals surface area contributed by atoms with Gasteiger partial charge in [0, 0.05) is 24.7 Å². The summed E-state index contributed by atoms with van der Waals surface area (Å²) in [5, 5.41) is 12.2. The number of amides is 1. The van der Waals surface area contributed by atoms with Crippen molar-refractivity contribution in [1.29, 1.82) is 0 Å². The molecule has 0 aromatic carbocycles. The lowest BCUT2D eigenvalue weighted by atomic mass is 10.2. The molecule has 32 heavy (non-hydrogen) atoms. The van der Waals surface area contributed by atoms with E-state index in [-0.39, 0.29) is 18.7 Å². The standard InChI is InChI=1S/C16H22N9O6P/c17-9(1-8-3-19-5-20-8)16(27)24-32(28,29)30-4-11-10(26)2-12(31-11)25-7-23-13-14(18)21-6-22-15(13)25/h3,5-7,9-12,26H,1-2,4,17H2,(H,19,20)(H2,18,21,22)(H2,24,27,28,29)/t9-,10-,11+,12-/m0/s1. The molecule has 1 aliphatic rings. The number of nitrogens with one attached hydrogen (secondary N) is 2. The Morgan fingerprint density at radius 3 is 3.03 bits per heavy atom. The van der Waals surface area contributed by atoms with Crippen molar-refractivity contribution in [3.8, 4) is 0 Å². The molecule has 3 aromatic rings. The van der Waals surface area contributed by atoms with E-state index in [1.54, 1.807) is 4.57 Å². The van der Waals surface area contributed by atoms with Gasteiger partial charge in [0.1, 0.15) is 24.2 Å². The van der Waals surface area contributed by atoms with Gasteiger partial charge < -0.3 is 31.2 Å². The fourth-order valence-electron chi connectivity index (χ4n) is 3.27. The van der Waals surface area contributed by atoms with E-state index in [1.165, 1.54) is 25.2 Å². The van der Waals surface area contributed by atoms with Crippen LogP contribution in [0.2, 0.25) is 0 Å². The van der Waals surface area contributed by atoms with E-state index in [9.17, 15) is 19.4 Å². The Labute approximate surface area is 180 Å². The van der Waals surface area contributed by atoms with Crippen LogP contribution in [0, 0.1) is 0 Å². The summed E-state index contributed by atoms with van der Waals surface area (Å²) < 4.78 is 24.5. The first-order valence-electron chi connectivity index (χ1n) is 9.52. The Morgan fingerprint density at radius 2 is 2.28 bits per heavy atom. The van der Waals surface area contributed by atoms with Crippen LogP contribution in [0.25, 0.3) is 11.2 Å². The van der Waals surface area contributed by atoms with Crippen LogP contribution in [0.3, 0.4) is 0 Å². The number of aromatic nitrogens is 6. The molecule has 1 unspecified atom stereocenters. The molecule has 15 nitrogen and oxygen atoms in total. The molecule has 0 bridgehead atoms. The fourth-order valence-corrected chi connectivity index (χ4v) is 4.13. The number of ether oxygens (including phenoxy) is 1. The number of H-pyrrole nitrogens is 1. The topological polar surface area (TPSA) is 229 Å². The Bertz CT molecular complexity index is 1140. The van der Waals surface area contributed by atoms with Gasteiger partial charge in [-0.05, 0) is 0 Å². The third-order valence-electron chi connectivity index (χ3n) is 4.90. The van der Waals surface area contributed by atoms with E-state index < -0.39 is 44.7 Å². The van der Waals surface area contributed by atoms with Crippen molar-refractivity contribution < 1.29 is 28.6 Å². The number of fused-ring (bicyclic) bond motifs is 1. The summed E-state index contributed by atoms with van der Waals surface area (Å²) in [5.41, 5.74) is 12.9. The number of imidazole rings is 2. The smallest absolute Gasteiger partial charge is 0.390 e. The molecule has 3 aromatic heterocycles. The number of rotatable bonds is 8. The highest BCUT2D eigenvalue weighted by atomic mass is 31.2. The minimum absolute atomic E-state index is 0.0882. The molecule has 0 aliphatic carbocycles. The molecular weight excluding hydrogens is 445 g/mol. The van der Waals surface area contributed by atoms with Crippen LogP contribution in [0.1, 0.15) is 18.3 Å². The number of carbonyl (C=O) groups excluding carboxylic acids is 1. The molecule has 1 aliphatic heterocycles. The highest BCUT2D eigenvalue weighted by Crippen LogP contribution is 2.39. The first kappa shape index (κ1) is 22.3. The molecule has 8 N–H and O–H groups in total. The van der Waals surface area contributed by atoms with Crippen molar-refractivity contribution in [2.24, 2.45) is 5.73 Å². The average molecular weight is 467 g/mol. The first-order chi connectivity index (χ1) is 15.2. The van der Waals surface area contributed by atoms with Crippen LogP contribution >= 0.6 is 7.75 Å².